The molecular formula is C34H34N3S+. The van der Waals surface area contributed by atoms with Crippen molar-refractivity contribution in [3.05, 3.63) is 101 Å². The Hall–Kier alpha value is -3.76. The van der Waals surface area contributed by atoms with Gasteiger partial charge in [-0.2, -0.15) is 4.57 Å². The molecule has 0 saturated carbocycles. The molecule has 0 aliphatic carbocycles. The summed E-state index contributed by atoms with van der Waals surface area (Å²) in [5.74, 6) is 1.91. The molecule has 0 fully saturated rings. The molecule has 0 unspecified atom stereocenters. The molecule has 4 heteroatoms. The van der Waals surface area contributed by atoms with Crippen molar-refractivity contribution in [3.8, 4) is 28.2 Å². The molecular weight excluding hydrogens is 482 g/mol. The average molecular weight is 517 g/mol. The number of imidazole rings is 1. The summed E-state index contributed by atoms with van der Waals surface area (Å²) < 4.78 is 6.15. The smallest absolute Gasteiger partial charge is 0.245 e. The summed E-state index contributed by atoms with van der Waals surface area (Å²) in [6, 6.07) is 28.8. The lowest BCUT2D eigenvalue weighted by molar-refractivity contribution is -0.633. The van der Waals surface area contributed by atoms with Crippen molar-refractivity contribution in [2.45, 2.75) is 46.5 Å². The van der Waals surface area contributed by atoms with Crippen LogP contribution in [0.3, 0.4) is 0 Å². The molecule has 38 heavy (non-hydrogen) atoms. The molecule has 6 rings (SSSR count). The molecule has 3 nitrogen and oxygen atoms in total. The third-order valence-corrected chi connectivity index (χ3v) is 8.55. The van der Waals surface area contributed by atoms with Crippen LogP contribution in [0.15, 0.2) is 84.4 Å². The second-order valence-electron chi connectivity index (χ2n) is 10.8. The fraction of sp³-hybridized carbons (Fsp3) is 0.235. The third-order valence-electron chi connectivity index (χ3n) is 7.69. The lowest BCUT2D eigenvalue weighted by atomic mass is 9.88. The standard InChI is InChI=1S/C34H34N3S/c1-21(2)26-18-25(24-12-8-7-9-13-24)19-27(22(3)4)32(26)37-30-15-11-10-14-29(30)36(6)34(37)31-23(5)16-17-28-33(31)38-20-35-28/h7-22H,1-6H3/q+1. The summed E-state index contributed by atoms with van der Waals surface area (Å²) in [7, 11) is 2.20. The molecule has 0 spiro atoms. The zero-order valence-corrected chi connectivity index (χ0v) is 23.8. The highest BCUT2D eigenvalue weighted by atomic mass is 32.1. The molecule has 0 aliphatic heterocycles. The molecule has 2 heterocycles. The number of hydrogen-bond donors (Lipinski definition) is 0. The number of nitrogens with zero attached hydrogens (tertiary/aromatic N) is 3. The fourth-order valence-corrected chi connectivity index (χ4v) is 6.62. The van der Waals surface area contributed by atoms with Crippen LogP contribution in [0.5, 0.6) is 0 Å². The number of para-hydroxylation sites is 2. The van der Waals surface area contributed by atoms with E-state index in [0.717, 1.165) is 5.52 Å². The van der Waals surface area contributed by atoms with Crippen LogP contribution in [-0.4, -0.2) is 9.55 Å². The Morgan fingerprint density at radius 1 is 0.789 bits per heavy atom. The van der Waals surface area contributed by atoms with Crippen LogP contribution in [-0.2, 0) is 7.05 Å². The highest BCUT2D eigenvalue weighted by Crippen LogP contribution is 2.41. The van der Waals surface area contributed by atoms with Crippen LogP contribution in [0, 0.1) is 6.92 Å². The Labute approximate surface area is 229 Å². The topological polar surface area (TPSA) is 21.7 Å². The molecule has 0 aliphatic rings. The van der Waals surface area contributed by atoms with E-state index in [2.05, 4.69) is 135 Å². The summed E-state index contributed by atoms with van der Waals surface area (Å²) in [6.45, 7) is 11.5. The van der Waals surface area contributed by atoms with Crippen molar-refractivity contribution >= 4 is 32.6 Å². The van der Waals surface area contributed by atoms with Gasteiger partial charge in [0.2, 0.25) is 0 Å². The van der Waals surface area contributed by atoms with E-state index in [1.165, 1.54) is 60.6 Å². The Morgan fingerprint density at radius 2 is 1.45 bits per heavy atom. The zero-order chi connectivity index (χ0) is 26.6. The maximum absolute atomic E-state index is 4.67. The first-order chi connectivity index (χ1) is 18.4. The number of benzene rings is 4. The van der Waals surface area contributed by atoms with E-state index < -0.39 is 0 Å². The first-order valence-corrected chi connectivity index (χ1v) is 14.3. The van der Waals surface area contributed by atoms with Crippen LogP contribution in [0.1, 0.15) is 56.2 Å². The van der Waals surface area contributed by atoms with Crippen LogP contribution in [0.2, 0.25) is 0 Å². The van der Waals surface area contributed by atoms with Crippen molar-refractivity contribution in [1.29, 1.82) is 0 Å². The van der Waals surface area contributed by atoms with E-state index in [1.807, 2.05) is 5.51 Å². The molecule has 0 radical (unpaired) electrons. The summed E-state index contributed by atoms with van der Waals surface area (Å²) in [5.41, 5.74) is 14.6. The summed E-state index contributed by atoms with van der Waals surface area (Å²) in [6.07, 6.45) is 0. The van der Waals surface area contributed by atoms with Gasteiger partial charge in [0, 0.05) is 11.1 Å². The van der Waals surface area contributed by atoms with Gasteiger partial charge in [-0.05, 0) is 65.8 Å². The maximum Gasteiger partial charge on any atom is 0.296 e. The van der Waals surface area contributed by atoms with E-state index in [1.54, 1.807) is 11.3 Å². The Balaban J connectivity index is 1.79. The quantitative estimate of drug-likeness (QED) is 0.210. The predicted octanol–water partition coefficient (Wildman–Crippen LogP) is 8.95. The second kappa shape index (κ2) is 9.52. The number of aryl methyl sites for hydroxylation is 2. The van der Waals surface area contributed by atoms with Gasteiger partial charge < -0.3 is 0 Å². The van der Waals surface area contributed by atoms with Gasteiger partial charge >= 0.3 is 0 Å². The van der Waals surface area contributed by atoms with Gasteiger partial charge in [0.25, 0.3) is 5.82 Å². The van der Waals surface area contributed by atoms with Crippen LogP contribution in [0.4, 0.5) is 0 Å². The molecule has 0 atom stereocenters. The van der Waals surface area contributed by atoms with Crippen molar-refractivity contribution in [2.24, 2.45) is 7.05 Å². The van der Waals surface area contributed by atoms with E-state index in [0.29, 0.717) is 11.8 Å². The van der Waals surface area contributed by atoms with E-state index in [4.69, 9.17) is 0 Å². The number of hydrogen-bond acceptors (Lipinski definition) is 2. The highest BCUT2D eigenvalue weighted by Gasteiger charge is 2.33. The van der Waals surface area contributed by atoms with E-state index in [9.17, 15) is 0 Å². The largest absolute Gasteiger partial charge is 0.296 e. The lowest BCUT2D eigenvalue weighted by Crippen LogP contribution is -2.30. The van der Waals surface area contributed by atoms with Crippen LogP contribution >= 0.6 is 11.3 Å². The zero-order valence-electron chi connectivity index (χ0n) is 23.0. The maximum atomic E-state index is 4.67. The number of fused-ring (bicyclic) bond motifs is 2. The van der Waals surface area contributed by atoms with Gasteiger partial charge in [0.1, 0.15) is 5.69 Å². The molecule has 0 saturated heterocycles. The van der Waals surface area contributed by atoms with Crippen molar-refractivity contribution < 1.29 is 4.57 Å². The summed E-state index contributed by atoms with van der Waals surface area (Å²) in [5, 5.41) is 0. The molecule has 0 amide bonds. The fourth-order valence-electron chi connectivity index (χ4n) is 5.74. The molecule has 0 bridgehead atoms. The van der Waals surface area contributed by atoms with Gasteiger partial charge in [-0.15, -0.1) is 11.3 Å². The van der Waals surface area contributed by atoms with Crippen LogP contribution in [0.25, 0.3) is 49.5 Å². The van der Waals surface area contributed by atoms with Gasteiger partial charge in [0.05, 0.1) is 28.3 Å². The van der Waals surface area contributed by atoms with Gasteiger partial charge in [-0.1, -0.05) is 76.2 Å². The minimum absolute atomic E-state index is 0.353. The molecule has 190 valence electrons. The summed E-state index contributed by atoms with van der Waals surface area (Å²) >= 11 is 1.73. The van der Waals surface area contributed by atoms with Crippen molar-refractivity contribution in [3.63, 3.8) is 0 Å². The SMILES string of the molecule is Cc1ccc2ncsc2c1-c1n(-c2c(C(C)C)cc(-c3ccccc3)cc2C(C)C)c2ccccc2[n+]1C. The highest BCUT2D eigenvalue weighted by molar-refractivity contribution is 7.17. The first-order valence-electron chi connectivity index (χ1n) is 13.4. The molecule has 4 aromatic carbocycles. The van der Waals surface area contributed by atoms with Crippen molar-refractivity contribution in [1.82, 2.24) is 9.55 Å². The third kappa shape index (κ3) is 3.86. The number of thiazole rings is 1. The molecule has 0 N–H and O–H groups in total. The van der Waals surface area contributed by atoms with Crippen LogP contribution < -0.4 is 4.57 Å². The monoisotopic (exact) mass is 516 g/mol. The number of aromatic nitrogens is 3. The molecule has 6 aromatic rings. The van der Waals surface area contributed by atoms with E-state index in [-0.39, 0.29) is 0 Å². The Morgan fingerprint density at radius 3 is 2.13 bits per heavy atom. The number of rotatable bonds is 5. The van der Waals surface area contributed by atoms with Crippen molar-refractivity contribution in [2.75, 3.05) is 0 Å². The second-order valence-corrected chi connectivity index (χ2v) is 11.7. The Bertz CT molecular complexity index is 1760. The lowest BCUT2D eigenvalue weighted by Gasteiger charge is -2.21. The normalized spacial score (nSPS) is 11.9. The average Bonchev–Trinajstić information content (AvgIpc) is 3.51. The molecule has 2 aromatic heterocycles. The minimum Gasteiger partial charge on any atom is -0.245 e. The predicted molar refractivity (Wildman–Crippen MR) is 161 cm³/mol. The van der Waals surface area contributed by atoms with Gasteiger partial charge in [-0.3, -0.25) is 0 Å². The first kappa shape index (κ1) is 24.6. The summed E-state index contributed by atoms with van der Waals surface area (Å²) in [4.78, 5) is 4.67. The van der Waals surface area contributed by atoms with Gasteiger partial charge in [0.15, 0.2) is 11.0 Å². The van der Waals surface area contributed by atoms with Gasteiger partial charge in [-0.25, -0.2) is 9.55 Å². The minimum atomic E-state index is 0.353. The van der Waals surface area contributed by atoms with E-state index >= 15 is 0 Å². The Kier molecular flexibility index (Phi) is 6.16.